The number of pyridine rings is 1. The first-order chi connectivity index (χ1) is 14.4. The van der Waals surface area contributed by atoms with Gasteiger partial charge in [-0.25, -0.2) is 4.79 Å². The Labute approximate surface area is 179 Å². The van der Waals surface area contributed by atoms with Crippen LogP contribution in [-0.2, 0) is 22.6 Å². The van der Waals surface area contributed by atoms with Crippen LogP contribution in [0.4, 0.5) is 0 Å². The molecule has 0 saturated heterocycles. The van der Waals surface area contributed by atoms with Gasteiger partial charge in [-0.1, -0.05) is 57.5 Å². The van der Waals surface area contributed by atoms with Crippen molar-refractivity contribution in [3.8, 4) is 0 Å². The monoisotopic (exact) mass is 409 g/mol. The molecule has 3 atom stereocenters. The van der Waals surface area contributed by atoms with Gasteiger partial charge in [0.05, 0.1) is 0 Å². The third-order valence-electron chi connectivity index (χ3n) is 5.97. The molecule has 30 heavy (non-hydrogen) atoms. The molecule has 0 radical (unpaired) electrons. The lowest BCUT2D eigenvalue weighted by molar-refractivity contribution is -0.686. The maximum atomic E-state index is 12.6. The molecular formula is C25H33N2O3+. The van der Waals surface area contributed by atoms with E-state index in [1.807, 2.05) is 30.3 Å². The number of esters is 1. The van der Waals surface area contributed by atoms with E-state index in [2.05, 4.69) is 26.1 Å². The van der Waals surface area contributed by atoms with Crippen LogP contribution in [0.15, 0.2) is 54.9 Å². The van der Waals surface area contributed by atoms with Gasteiger partial charge in [0.2, 0.25) is 6.54 Å². The van der Waals surface area contributed by atoms with Crippen molar-refractivity contribution >= 4 is 11.9 Å². The molecule has 1 heterocycles. The predicted octanol–water partition coefficient (Wildman–Crippen LogP) is 3.91. The summed E-state index contributed by atoms with van der Waals surface area (Å²) in [7, 11) is 0. The van der Waals surface area contributed by atoms with Crippen molar-refractivity contribution in [2.45, 2.75) is 59.2 Å². The number of nitrogens with zero attached hydrogens (tertiary/aromatic N) is 1. The van der Waals surface area contributed by atoms with E-state index < -0.39 is 0 Å². The minimum atomic E-state index is -0.244. The second-order valence-corrected chi connectivity index (χ2v) is 8.79. The highest BCUT2D eigenvalue weighted by Gasteiger charge is 2.34. The van der Waals surface area contributed by atoms with E-state index in [0.717, 1.165) is 18.4 Å². The Morgan fingerprint density at radius 2 is 1.90 bits per heavy atom. The summed E-state index contributed by atoms with van der Waals surface area (Å²) in [4.78, 5) is 25.1. The number of ether oxygens (including phenoxy) is 1. The standard InChI is InChI=1S/C25H32N2O3/c1-18(2)22-12-11-19(3)14-23(22)30-24(28)17-27-13-7-10-21(16-27)25(29)26-15-20-8-5-4-6-9-20/h4-10,13,16,18-19,22-23H,11-12,14-15,17H2,1-3H3/p+1. The molecule has 1 aromatic carbocycles. The molecule has 1 saturated carbocycles. The molecular weight excluding hydrogens is 376 g/mol. The van der Waals surface area contributed by atoms with E-state index in [1.54, 1.807) is 29.1 Å². The Kier molecular flexibility index (Phi) is 7.61. The van der Waals surface area contributed by atoms with Crippen molar-refractivity contribution in [1.29, 1.82) is 0 Å². The number of carbonyl (C=O) groups is 2. The van der Waals surface area contributed by atoms with Crippen LogP contribution < -0.4 is 9.88 Å². The maximum Gasteiger partial charge on any atom is 0.372 e. The fourth-order valence-corrected chi connectivity index (χ4v) is 4.24. The summed E-state index contributed by atoms with van der Waals surface area (Å²) in [5, 5.41) is 2.92. The SMILES string of the molecule is CC1CCC(C(C)C)C(OC(=O)C[n+]2cccc(C(=O)NCc3ccccc3)c2)C1. The van der Waals surface area contributed by atoms with E-state index >= 15 is 0 Å². The number of rotatable bonds is 7. The molecule has 5 heteroatoms. The summed E-state index contributed by atoms with van der Waals surface area (Å²) in [6.45, 7) is 7.20. The second kappa shape index (κ2) is 10.4. The van der Waals surface area contributed by atoms with Gasteiger partial charge in [0.1, 0.15) is 11.7 Å². The van der Waals surface area contributed by atoms with Crippen LogP contribution in [0.2, 0.25) is 0 Å². The summed E-state index contributed by atoms with van der Waals surface area (Å²) in [6, 6.07) is 13.3. The van der Waals surface area contributed by atoms with Crippen molar-refractivity contribution in [3.05, 3.63) is 66.0 Å². The quantitative estimate of drug-likeness (QED) is 0.557. The minimum absolute atomic E-state index is 0.0146. The number of aromatic nitrogens is 1. The lowest BCUT2D eigenvalue weighted by Gasteiger charge is -2.36. The van der Waals surface area contributed by atoms with Gasteiger partial charge in [-0.05, 0) is 42.2 Å². The summed E-state index contributed by atoms with van der Waals surface area (Å²) >= 11 is 0. The third-order valence-corrected chi connectivity index (χ3v) is 5.97. The van der Waals surface area contributed by atoms with Crippen molar-refractivity contribution < 1.29 is 18.9 Å². The average Bonchev–Trinajstić information content (AvgIpc) is 2.72. The molecule has 3 unspecified atom stereocenters. The number of hydrogen-bond acceptors (Lipinski definition) is 3. The highest BCUT2D eigenvalue weighted by atomic mass is 16.5. The smallest absolute Gasteiger partial charge is 0.372 e. The number of amides is 1. The zero-order valence-electron chi connectivity index (χ0n) is 18.2. The number of nitrogens with one attached hydrogen (secondary N) is 1. The fourth-order valence-electron chi connectivity index (χ4n) is 4.24. The molecule has 5 nitrogen and oxygen atoms in total. The van der Waals surface area contributed by atoms with Crippen LogP contribution >= 0.6 is 0 Å². The molecule has 1 aliphatic rings. The normalized spacial score (nSPS) is 21.3. The Morgan fingerprint density at radius 1 is 1.13 bits per heavy atom. The lowest BCUT2D eigenvalue weighted by atomic mass is 9.75. The summed E-state index contributed by atoms with van der Waals surface area (Å²) in [5.74, 6) is 1.10. The predicted molar refractivity (Wildman–Crippen MR) is 115 cm³/mol. The van der Waals surface area contributed by atoms with E-state index in [-0.39, 0.29) is 24.5 Å². The zero-order chi connectivity index (χ0) is 21.5. The Bertz CT molecular complexity index is 850. The van der Waals surface area contributed by atoms with Crippen molar-refractivity contribution in [1.82, 2.24) is 5.32 Å². The van der Waals surface area contributed by atoms with Gasteiger partial charge >= 0.3 is 5.97 Å². The van der Waals surface area contributed by atoms with Gasteiger partial charge in [0.15, 0.2) is 12.4 Å². The molecule has 160 valence electrons. The van der Waals surface area contributed by atoms with Crippen molar-refractivity contribution in [2.24, 2.45) is 17.8 Å². The summed E-state index contributed by atoms with van der Waals surface area (Å²) in [5.41, 5.74) is 1.56. The minimum Gasteiger partial charge on any atom is -0.457 e. The first-order valence-electron chi connectivity index (χ1n) is 10.9. The molecule has 1 aliphatic carbocycles. The first kappa shape index (κ1) is 22.0. The van der Waals surface area contributed by atoms with E-state index in [9.17, 15) is 9.59 Å². The number of benzene rings is 1. The summed E-state index contributed by atoms with van der Waals surface area (Å²) < 4.78 is 7.60. The fraction of sp³-hybridized carbons (Fsp3) is 0.480. The summed E-state index contributed by atoms with van der Waals surface area (Å²) in [6.07, 6.45) is 6.72. The lowest BCUT2D eigenvalue weighted by Crippen LogP contribution is -2.43. The van der Waals surface area contributed by atoms with Crippen LogP contribution in [0, 0.1) is 17.8 Å². The molecule has 1 amide bonds. The van der Waals surface area contributed by atoms with Gasteiger partial charge < -0.3 is 10.1 Å². The largest absolute Gasteiger partial charge is 0.457 e. The van der Waals surface area contributed by atoms with E-state index in [0.29, 0.717) is 29.9 Å². The Balaban J connectivity index is 1.57. The van der Waals surface area contributed by atoms with Gasteiger partial charge in [-0.3, -0.25) is 4.79 Å². The molecule has 1 aromatic heterocycles. The highest BCUT2D eigenvalue weighted by molar-refractivity contribution is 5.93. The van der Waals surface area contributed by atoms with Crippen molar-refractivity contribution in [2.75, 3.05) is 0 Å². The molecule has 1 fully saturated rings. The van der Waals surface area contributed by atoms with Crippen LogP contribution in [0.5, 0.6) is 0 Å². The first-order valence-corrected chi connectivity index (χ1v) is 10.9. The van der Waals surface area contributed by atoms with Crippen molar-refractivity contribution in [3.63, 3.8) is 0 Å². The highest BCUT2D eigenvalue weighted by Crippen LogP contribution is 2.35. The number of carbonyl (C=O) groups excluding carboxylic acids is 2. The topological polar surface area (TPSA) is 59.3 Å². The van der Waals surface area contributed by atoms with Gasteiger partial charge in [0, 0.05) is 12.6 Å². The van der Waals surface area contributed by atoms with E-state index in [1.165, 1.54) is 6.42 Å². The Morgan fingerprint density at radius 3 is 2.63 bits per heavy atom. The molecule has 3 rings (SSSR count). The molecule has 2 aromatic rings. The number of hydrogen-bond donors (Lipinski definition) is 1. The van der Waals surface area contributed by atoms with Crippen LogP contribution in [0.25, 0.3) is 0 Å². The van der Waals surface area contributed by atoms with Gasteiger partial charge in [-0.15, -0.1) is 0 Å². The molecule has 1 N–H and O–H groups in total. The van der Waals surface area contributed by atoms with Gasteiger partial charge in [0.25, 0.3) is 5.91 Å². The molecule has 0 spiro atoms. The van der Waals surface area contributed by atoms with Crippen LogP contribution in [0.1, 0.15) is 56.0 Å². The maximum absolute atomic E-state index is 12.6. The average molecular weight is 410 g/mol. The van der Waals surface area contributed by atoms with Crippen LogP contribution in [0.3, 0.4) is 0 Å². The zero-order valence-corrected chi connectivity index (χ0v) is 18.2. The van der Waals surface area contributed by atoms with Crippen LogP contribution in [-0.4, -0.2) is 18.0 Å². The third kappa shape index (κ3) is 6.15. The second-order valence-electron chi connectivity index (χ2n) is 8.79. The molecule has 0 aliphatic heterocycles. The molecule has 0 bridgehead atoms. The Hall–Kier alpha value is -2.69. The van der Waals surface area contributed by atoms with E-state index in [4.69, 9.17) is 4.74 Å². The van der Waals surface area contributed by atoms with Gasteiger partial charge in [-0.2, -0.15) is 4.57 Å².